The molecular formula is C16H19NO2. The number of hydrogen-bond donors (Lipinski definition) is 1. The van der Waals surface area contributed by atoms with Gasteiger partial charge in [0.05, 0.1) is 0 Å². The number of hydrogen-bond acceptors (Lipinski definition) is 2. The Hall–Kier alpha value is -2.03. The maximum Gasteiger partial charge on any atom is 0.407 e. The van der Waals surface area contributed by atoms with Crippen LogP contribution in [0.1, 0.15) is 26.3 Å². The smallest absolute Gasteiger partial charge is 0.407 e. The molecule has 1 amide bonds. The summed E-state index contributed by atoms with van der Waals surface area (Å²) in [4.78, 5) is 11.6. The molecule has 0 saturated carbocycles. The highest BCUT2D eigenvalue weighted by Crippen LogP contribution is 2.15. The summed E-state index contributed by atoms with van der Waals surface area (Å²) in [6.07, 6.45) is -0.388. The Morgan fingerprint density at radius 3 is 2.47 bits per heavy atom. The van der Waals surface area contributed by atoms with Crippen LogP contribution in [-0.2, 0) is 11.3 Å². The highest BCUT2D eigenvalue weighted by molar-refractivity contribution is 5.83. The summed E-state index contributed by atoms with van der Waals surface area (Å²) in [5, 5.41) is 5.13. The second-order valence-corrected chi connectivity index (χ2v) is 5.54. The van der Waals surface area contributed by atoms with E-state index in [1.807, 2.05) is 39.0 Å². The van der Waals surface area contributed by atoms with Crippen molar-refractivity contribution in [3.63, 3.8) is 0 Å². The number of carbonyl (C=O) groups excluding carboxylic acids is 1. The predicted molar refractivity (Wildman–Crippen MR) is 77.0 cm³/mol. The van der Waals surface area contributed by atoms with E-state index < -0.39 is 5.60 Å². The van der Waals surface area contributed by atoms with Gasteiger partial charge in [-0.2, -0.15) is 0 Å². The molecule has 0 aromatic heterocycles. The van der Waals surface area contributed by atoms with Crippen molar-refractivity contribution in [3.8, 4) is 0 Å². The number of nitrogens with one attached hydrogen (secondary N) is 1. The molecule has 0 bridgehead atoms. The van der Waals surface area contributed by atoms with Crippen LogP contribution >= 0.6 is 0 Å². The van der Waals surface area contributed by atoms with E-state index in [0.717, 1.165) is 5.56 Å². The first-order valence-corrected chi connectivity index (χ1v) is 6.38. The number of alkyl carbamates (subject to hydrolysis) is 1. The summed E-state index contributed by atoms with van der Waals surface area (Å²) in [5.74, 6) is 0. The zero-order valence-corrected chi connectivity index (χ0v) is 11.6. The van der Waals surface area contributed by atoms with Gasteiger partial charge < -0.3 is 10.1 Å². The van der Waals surface area contributed by atoms with E-state index in [1.54, 1.807) is 0 Å². The molecule has 100 valence electrons. The maximum absolute atomic E-state index is 11.6. The average Bonchev–Trinajstić information content (AvgIpc) is 2.34. The van der Waals surface area contributed by atoms with E-state index in [2.05, 4.69) is 29.6 Å². The van der Waals surface area contributed by atoms with Crippen LogP contribution in [0.4, 0.5) is 4.79 Å². The Kier molecular flexibility index (Phi) is 3.74. The predicted octanol–water partition coefficient (Wildman–Crippen LogP) is 3.86. The first-order chi connectivity index (χ1) is 8.94. The molecule has 0 fully saturated rings. The van der Waals surface area contributed by atoms with Crippen LogP contribution in [0.15, 0.2) is 42.5 Å². The lowest BCUT2D eigenvalue weighted by Crippen LogP contribution is -2.32. The summed E-state index contributed by atoms with van der Waals surface area (Å²) in [6, 6.07) is 14.3. The SMILES string of the molecule is CC(C)(C)OC(=O)NCc1ccc2ccccc2c1. The summed E-state index contributed by atoms with van der Waals surface area (Å²) in [7, 11) is 0. The monoisotopic (exact) mass is 257 g/mol. The van der Waals surface area contributed by atoms with Gasteiger partial charge in [-0.05, 0) is 43.2 Å². The van der Waals surface area contributed by atoms with Crippen molar-refractivity contribution in [3.05, 3.63) is 48.0 Å². The first kappa shape index (κ1) is 13.4. The lowest BCUT2D eigenvalue weighted by atomic mass is 10.1. The van der Waals surface area contributed by atoms with E-state index in [4.69, 9.17) is 4.74 Å². The van der Waals surface area contributed by atoms with Gasteiger partial charge in [-0.15, -0.1) is 0 Å². The molecule has 0 aliphatic carbocycles. The molecule has 2 aromatic carbocycles. The summed E-state index contributed by atoms with van der Waals surface area (Å²) in [5.41, 5.74) is 0.595. The molecule has 0 saturated heterocycles. The highest BCUT2D eigenvalue weighted by Gasteiger charge is 2.15. The van der Waals surface area contributed by atoms with Crippen molar-refractivity contribution in [2.45, 2.75) is 32.9 Å². The molecule has 2 rings (SSSR count). The van der Waals surface area contributed by atoms with Gasteiger partial charge in [0.25, 0.3) is 0 Å². The molecule has 3 nitrogen and oxygen atoms in total. The Labute approximate surface area is 113 Å². The van der Waals surface area contributed by atoms with Crippen molar-refractivity contribution in [2.75, 3.05) is 0 Å². The molecule has 3 heteroatoms. The van der Waals surface area contributed by atoms with Crippen molar-refractivity contribution in [1.29, 1.82) is 0 Å². The van der Waals surface area contributed by atoms with Gasteiger partial charge in [0.15, 0.2) is 0 Å². The van der Waals surface area contributed by atoms with Crippen LogP contribution in [-0.4, -0.2) is 11.7 Å². The Morgan fingerprint density at radius 2 is 1.79 bits per heavy atom. The first-order valence-electron chi connectivity index (χ1n) is 6.38. The molecule has 0 heterocycles. The number of fused-ring (bicyclic) bond motifs is 1. The molecule has 0 spiro atoms. The number of amides is 1. The molecule has 0 radical (unpaired) electrons. The van der Waals surface area contributed by atoms with Gasteiger partial charge in [0.1, 0.15) is 5.60 Å². The lowest BCUT2D eigenvalue weighted by Gasteiger charge is -2.19. The van der Waals surface area contributed by atoms with Gasteiger partial charge in [-0.3, -0.25) is 0 Å². The highest BCUT2D eigenvalue weighted by atomic mass is 16.6. The molecular weight excluding hydrogens is 238 g/mol. The van der Waals surface area contributed by atoms with Crippen molar-refractivity contribution in [1.82, 2.24) is 5.32 Å². The number of rotatable bonds is 2. The maximum atomic E-state index is 11.6. The van der Waals surface area contributed by atoms with E-state index in [9.17, 15) is 4.79 Å². The number of carbonyl (C=O) groups is 1. The Bertz CT molecular complexity index is 585. The largest absolute Gasteiger partial charge is 0.444 e. The minimum absolute atomic E-state index is 0.388. The van der Waals surface area contributed by atoms with Crippen LogP contribution in [0, 0.1) is 0 Å². The minimum Gasteiger partial charge on any atom is -0.444 e. The zero-order chi connectivity index (χ0) is 13.9. The van der Waals surface area contributed by atoms with Crippen LogP contribution < -0.4 is 5.32 Å². The third-order valence-electron chi connectivity index (χ3n) is 2.65. The molecule has 0 aliphatic heterocycles. The molecule has 0 atom stereocenters. The minimum atomic E-state index is -0.465. The van der Waals surface area contributed by atoms with E-state index >= 15 is 0 Å². The van der Waals surface area contributed by atoms with Crippen molar-refractivity contribution < 1.29 is 9.53 Å². The van der Waals surface area contributed by atoms with Crippen LogP contribution in [0.2, 0.25) is 0 Å². The lowest BCUT2D eigenvalue weighted by molar-refractivity contribution is 0.0523. The van der Waals surface area contributed by atoms with E-state index in [1.165, 1.54) is 10.8 Å². The van der Waals surface area contributed by atoms with Gasteiger partial charge in [-0.1, -0.05) is 36.4 Å². The fourth-order valence-corrected chi connectivity index (χ4v) is 1.84. The normalized spacial score (nSPS) is 11.3. The van der Waals surface area contributed by atoms with Crippen molar-refractivity contribution >= 4 is 16.9 Å². The van der Waals surface area contributed by atoms with Crippen LogP contribution in [0.5, 0.6) is 0 Å². The summed E-state index contributed by atoms with van der Waals surface area (Å²) >= 11 is 0. The zero-order valence-electron chi connectivity index (χ0n) is 11.6. The second kappa shape index (κ2) is 5.31. The summed E-state index contributed by atoms with van der Waals surface area (Å²) < 4.78 is 5.20. The van der Waals surface area contributed by atoms with Gasteiger partial charge in [-0.25, -0.2) is 4.79 Å². The van der Waals surface area contributed by atoms with Crippen LogP contribution in [0.25, 0.3) is 10.8 Å². The second-order valence-electron chi connectivity index (χ2n) is 5.54. The molecule has 0 aliphatic rings. The van der Waals surface area contributed by atoms with Crippen LogP contribution in [0.3, 0.4) is 0 Å². The Balaban J connectivity index is 2.00. The number of ether oxygens (including phenoxy) is 1. The molecule has 0 unspecified atom stereocenters. The van der Waals surface area contributed by atoms with E-state index in [0.29, 0.717) is 6.54 Å². The van der Waals surface area contributed by atoms with Gasteiger partial charge in [0.2, 0.25) is 0 Å². The third kappa shape index (κ3) is 3.98. The Morgan fingerprint density at radius 1 is 1.11 bits per heavy atom. The fourth-order valence-electron chi connectivity index (χ4n) is 1.84. The molecule has 1 N–H and O–H groups in total. The average molecular weight is 257 g/mol. The van der Waals surface area contributed by atoms with Gasteiger partial charge >= 0.3 is 6.09 Å². The fraction of sp³-hybridized carbons (Fsp3) is 0.312. The number of benzene rings is 2. The summed E-state index contributed by atoms with van der Waals surface area (Å²) in [6.45, 7) is 6.02. The topological polar surface area (TPSA) is 38.3 Å². The van der Waals surface area contributed by atoms with Crippen molar-refractivity contribution in [2.24, 2.45) is 0 Å². The molecule has 19 heavy (non-hydrogen) atoms. The van der Waals surface area contributed by atoms with Gasteiger partial charge in [0, 0.05) is 6.54 Å². The quantitative estimate of drug-likeness (QED) is 0.887. The third-order valence-corrected chi connectivity index (χ3v) is 2.65. The standard InChI is InChI=1S/C16H19NO2/c1-16(2,3)19-15(18)17-11-12-8-9-13-6-4-5-7-14(13)10-12/h4-10H,11H2,1-3H3,(H,17,18). The van der Waals surface area contributed by atoms with E-state index in [-0.39, 0.29) is 6.09 Å². The molecule has 2 aromatic rings.